The molecule has 80 valence electrons. The van der Waals surface area contributed by atoms with Gasteiger partial charge in [-0.25, -0.2) is 4.79 Å². The normalized spacial score (nSPS) is 11.1. The van der Waals surface area contributed by atoms with E-state index >= 15 is 0 Å². The van der Waals surface area contributed by atoms with Gasteiger partial charge in [0.1, 0.15) is 0 Å². The first-order chi connectivity index (χ1) is 6.74. The van der Waals surface area contributed by atoms with E-state index in [1.54, 1.807) is 13.0 Å². The van der Waals surface area contributed by atoms with Crippen LogP contribution in [0.5, 0.6) is 0 Å². The van der Waals surface area contributed by atoms with E-state index in [0.29, 0.717) is 19.8 Å². The molecule has 0 radical (unpaired) electrons. The number of carbonyl (C=O) groups excluding carboxylic acids is 1. The summed E-state index contributed by atoms with van der Waals surface area (Å²) in [5.41, 5.74) is 0.935. The molecule has 0 aromatic carbocycles. The molecule has 0 atom stereocenters. The average Bonchev–Trinajstić information content (AvgIpc) is 2.17. The Balaban J connectivity index is 3.96. The number of carbonyl (C=O) groups is 1. The molecule has 0 amide bonds. The smallest absolute Gasteiger partial charge is 0.330 e. The van der Waals surface area contributed by atoms with Crippen molar-refractivity contribution < 1.29 is 14.3 Å². The maximum atomic E-state index is 11.1. The maximum Gasteiger partial charge on any atom is 0.330 e. The number of hydrogen-bond donors (Lipinski definition) is 0. The molecule has 3 heteroatoms. The molecule has 0 aliphatic rings. The van der Waals surface area contributed by atoms with Gasteiger partial charge in [-0.2, -0.15) is 0 Å². The third-order valence-corrected chi connectivity index (χ3v) is 1.59. The van der Waals surface area contributed by atoms with Gasteiger partial charge >= 0.3 is 5.97 Å². The van der Waals surface area contributed by atoms with Crippen LogP contribution >= 0.6 is 0 Å². The van der Waals surface area contributed by atoms with Crippen molar-refractivity contribution in [2.24, 2.45) is 0 Å². The van der Waals surface area contributed by atoms with E-state index in [1.807, 2.05) is 6.92 Å². The van der Waals surface area contributed by atoms with Crippen molar-refractivity contribution in [3.63, 3.8) is 0 Å². The topological polar surface area (TPSA) is 35.5 Å². The van der Waals surface area contributed by atoms with Crippen LogP contribution in [0.25, 0.3) is 0 Å². The molecule has 0 unspecified atom stereocenters. The summed E-state index contributed by atoms with van der Waals surface area (Å²) in [7, 11) is 0. The first-order valence-electron chi connectivity index (χ1n) is 4.79. The minimum atomic E-state index is -0.299. The van der Waals surface area contributed by atoms with Crippen molar-refractivity contribution in [2.45, 2.75) is 20.3 Å². The molecule has 0 fully saturated rings. The van der Waals surface area contributed by atoms with Crippen molar-refractivity contribution in [3.8, 4) is 0 Å². The van der Waals surface area contributed by atoms with Gasteiger partial charge < -0.3 is 9.47 Å². The Hall–Kier alpha value is -1.09. The van der Waals surface area contributed by atoms with Crippen LogP contribution in [0.15, 0.2) is 24.3 Å². The first kappa shape index (κ1) is 12.9. The van der Waals surface area contributed by atoms with Gasteiger partial charge in [-0.15, -0.1) is 6.58 Å². The van der Waals surface area contributed by atoms with Crippen molar-refractivity contribution in [2.75, 3.05) is 19.8 Å². The minimum Gasteiger partial charge on any atom is -0.463 e. The third-order valence-electron chi connectivity index (χ3n) is 1.59. The number of rotatable bonds is 7. The van der Waals surface area contributed by atoms with Crippen LogP contribution in [-0.2, 0) is 14.3 Å². The quantitative estimate of drug-likeness (QED) is 0.272. The molecule has 14 heavy (non-hydrogen) atoms. The lowest BCUT2D eigenvalue weighted by Crippen LogP contribution is -2.04. The van der Waals surface area contributed by atoms with Crippen LogP contribution in [0.2, 0.25) is 0 Å². The zero-order chi connectivity index (χ0) is 10.8. The molecule has 3 nitrogen and oxygen atoms in total. The van der Waals surface area contributed by atoms with Gasteiger partial charge in [0.15, 0.2) is 0 Å². The number of esters is 1. The Morgan fingerprint density at radius 1 is 1.43 bits per heavy atom. The van der Waals surface area contributed by atoms with Crippen LogP contribution in [0.4, 0.5) is 0 Å². The van der Waals surface area contributed by atoms with E-state index in [1.165, 1.54) is 6.08 Å². The average molecular weight is 198 g/mol. The summed E-state index contributed by atoms with van der Waals surface area (Å²) < 4.78 is 10.0. The number of hydrogen-bond acceptors (Lipinski definition) is 3. The second-order valence-corrected chi connectivity index (χ2v) is 2.71. The third kappa shape index (κ3) is 6.43. The maximum absolute atomic E-state index is 11.1. The molecular weight excluding hydrogens is 180 g/mol. The van der Waals surface area contributed by atoms with Crippen LogP contribution in [0.1, 0.15) is 20.3 Å². The lowest BCUT2D eigenvalue weighted by molar-refractivity contribution is -0.137. The van der Waals surface area contributed by atoms with E-state index in [9.17, 15) is 4.79 Å². The van der Waals surface area contributed by atoms with Gasteiger partial charge in [-0.05, 0) is 18.9 Å². The molecule has 0 heterocycles. The molecule has 0 rings (SSSR count). The molecule has 0 saturated carbocycles. The molecule has 0 aromatic rings. The fraction of sp³-hybridized carbons (Fsp3) is 0.545. The fourth-order valence-electron chi connectivity index (χ4n) is 0.870. The zero-order valence-corrected chi connectivity index (χ0v) is 8.91. The van der Waals surface area contributed by atoms with Crippen molar-refractivity contribution in [3.05, 3.63) is 24.3 Å². The van der Waals surface area contributed by atoms with E-state index in [2.05, 4.69) is 6.58 Å². The summed E-state index contributed by atoms with van der Waals surface area (Å²) >= 11 is 0. The summed E-state index contributed by atoms with van der Waals surface area (Å²) in [6.07, 6.45) is 3.96. The lowest BCUT2D eigenvalue weighted by Gasteiger charge is -2.04. The van der Waals surface area contributed by atoms with Gasteiger partial charge in [0.2, 0.25) is 0 Å². The SMILES string of the molecule is C=CCOCC(=CC(=O)OCC)CC. The van der Waals surface area contributed by atoms with Gasteiger partial charge in [-0.3, -0.25) is 0 Å². The summed E-state index contributed by atoms with van der Waals surface area (Å²) in [5, 5.41) is 0. The van der Waals surface area contributed by atoms with Crippen molar-refractivity contribution in [1.29, 1.82) is 0 Å². The second kappa shape index (κ2) is 8.51. The van der Waals surface area contributed by atoms with Crippen LogP contribution < -0.4 is 0 Å². The molecule has 0 aromatic heterocycles. The van der Waals surface area contributed by atoms with Gasteiger partial charge in [0.25, 0.3) is 0 Å². The van der Waals surface area contributed by atoms with Crippen LogP contribution in [-0.4, -0.2) is 25.8 Å². The highest BCUT2D eigenvalue weighted by Gasteiger charge is 2.00. The van der Waals surface area contributed by atoms with Gasteiger partial charge in [-0.1, -0.05) is 13.0 Å². The van der Waals surface area contributed by atoms with Crippen molar-refractivity contribution in [1.82, 2.24) is 0 Å². The Kier molecular flexibility index (Phi) is 7.84. The Morgan fingerprint density at radius 2 is 2.14 bits per heavy atom. The predicted molar refractivity (Wildman–Crippen MR) is 56.0 cm³/mol. The summed E-state index contributed by atoms with van der Waals surface area (Å²) in [6.45, 7) is 8.66. The standard InChI is InChI=1S/C11H18O3/c1-4-7-13-9-10(5-2)8-11(12)14-6-3/h4,8H,1,5-7,9H2,2-3H3. The zero-order valence-electron chi connectivity index (χ0n) is 8.91. The highest BCUT2D eigenvalue weighted by Crippen LogP contribution is 2.02. The monoisotopic (exact) mass is 198 g/mol. The van der Waals surface area contributed by atoms with Crippen LogP contribution in [0, 0.1) is 0 Å². The minimum absolute atomic E-state index is 0.299. The van der Waals surface area contributed by atoms with E-state index in [4.69, 9.17) is 9.47 Å². The lowest BCUT2D eigenvalue weighted by atomic mass is 10.2. The van der Waals surface area contributed by atoms with E-state index < -0.39 is 0 Å². The van der Waals surface area contributed by atoms with Gasteiger partial charge in [0, 0.05) is 6.08 Å². The number of ether oxygens (including phenoxy) is 2. The molecule has 0 aliphatic carbocycles. The van der Waals surface area contributed by atoms with Crippen molar-refractivity contribution >= 4 is 5.97 Å². The second-order valence-electron chi connectivity index (χ2n) is 2.71. The Morgan fingerprint density at radius 3 is 2.64 bits per heavy atom. The Bertz CT molecular complexity index is 207. The summed E-state index contributed by atoms with van der Waals surface area (Å²) in [4.78, 5) is 11.1. The summed E-state index contributed by atoms with van der Waals surface area (Å²) in [6, 6.07) is 0. The molecule has 0 bridgehead atoms. The van der Waals surface area contributed by atoms with Crippen LogP contribution in [0.3, 0.4) is 0 Å². The van der Waals surface area contributed by atoms with E-state index in [0.717, 1.165) is 12.0 Å². The molecule has 0 saturated heterocycles. The first-order valence-corrected chi connectivity index (χ1v) is 4.79. The Labute approximate surface area is 85.4 Å². The predicted octanol–water partition coefficient (Wildman–Crippen LogP) is 2.09. The molecular formula is C11H18O3. The summed E-state index contributed by atoms with van der Waals surface area (Å²) in [5.74, 6) is -0.299. The highest BCUT2D eigenvalue weighted by atomic mass is 16.5. The molecule has 0 aliphatic heterocycles. The highest BCUT2D eigenvalue weighted by molar-refractivity contribution is 5.82. The molecule has 0 spiro atoms. The molecule has 0 N–H and O–H groups in total. The van der Waals surface area contributed by atoms with Gasteiger partial charge in [0.05, 0.1) is 19.8 Å². The largest absolute Gasteiger partial charge is 0.463 e. The fourth-order valence-corrected chi connectivity index (χ4v) is 0.870. The van der Waals surface area contributed by atoms with E-state index in [-0.39, 0.29) is 5.97 Å².